The van der Waals surface area contributed by atoms with Crippen molar-refractivity contribution in [2.75, 3.05) is 26.2 Å². The molecule has 0 spiro atoms. The molecule has 2 atom stereocenters. The Morgan fingerprint density at radius 3 is 2.75 bits per heavy atom. The molecule has 1 fully saturated rings. The van der Waals surface area contributed by atoms with Crippen LogP contribution in [0.5, 0.6) is 0 Å². The van der Waals surface area contributed by atoms with Crippen molar-refractivity contribution in [3.8, 4) is 0 Å². The van der Waals surface area contributed by atoms with Crippen LogP contribution in [0.2, 0.25) is 0 Å². The van der Waals surface area contributed by atoms with Crippen LogP contribution in [0, 0.1) is 5.92 Å². The molecule has 5 nitrogen and oxygen atoms in total. The van der Waals surface area contributed by atoms with E-state index in [4.69, 9.17) is 5.11 Å². The highest BCUT2D eigenvalue weighted by atomic mass is 16.3. The van der Waals surface area contributed by atoms with Gasteiger partial charge in [0.05, 0.1) is 0 Å². The number of urea groups is 1. The van der Waals surface area contributed by atoms with Crippen LogP contribution < -0.4 is 10.6 Å². The van der Waals surface area contributed by atoms with E-state index in [-0.39, 0.29) is 18.7 Å². The summed E-state index contributed by atoms with van der Waals surface area (Å²) in [6.07, 6.45) is 4.28. The summed E-state index contributed by atoms with van der Waals surface area (Å²) in [7, 11) is 0. The fourth-order valence-electron chi connectivity index (χ4n) is 2.75. The highest BCUT2D eigenvalue weighted by Gasteiger charge is 2.23. The maximum absolute atomic E-state index is 11.8. The first-order valence-electron chi connectivity index (χ1n) is 7.92. The second-order valence-corrected chi connectivity index (χ2v) is 6.31. The van der Waals surface area contributed by atoms with Gasteiger partial charge >= 0.3 is 6.03 Å². The first-order chi connectivity index (χ1) is 9.52. The van der Waals surface area contributed by atoms with Crippen molar-refractivity contribution >= 4 is 6.03 Å². The highest BCUT2D eigenvalue weighted by Crippen LogP contribution is 2.17. The number of rotatable bonds is 7. The molecule has 1 rings (SSSR count). The molecule has 0 aliphatic carbocycles. The average Bonchev–Trinajstić information content (AvgIpc) is 2.37. The molecule has 0 radical (unpaired) electrons. The van der Waals surface area contributed by atoms with Gasteiger partial charge in [-0.05, 0) is 38.6 Å². The van der Waals surface area contributed by atoms with Gasteiger partial charge in [0.1, 0.15) is 0 Å². The zero-order valence-electron chi connectivity index (χ0n) is 13.2. The van der Waals surface area contributed by atoms with Gasteiger partial charge in [0.25, 0.3) is 0 Å². The highest BCUT2D eigenvalue weighted by molar-refractivity contribution is 5.74. The van der Waals surface area contributed by atoms with Crippen LogP contribution in [-0.4, -0.2) is 54.4 Å². The van der Waals surface area contributed by atoms with Gasteiger partial charge in [0, 0.05) is 31.8 Å². The second-order valence-electron chi connectivity index (χ2n) is 6.31. The van der Waals surface area contributed by atoms with Crippen LogP contribution in [0.4, 0.5) is 4.79 Å². The Balaban J connectivity index is 2.32. The number of aliphatic hydroxyl groups excluding tert-OH is 1. The van der Waals surface area contributed by atoms with E-state index in [1.807, 2.05) is 6.92 Å². The van der Waals surface area contributed by atoms with Crippen LogP contribution in [0.15, 0.2) is 0 Å². The van der Waals surface area contributed by atoms with Crippen molar-refractivity contribution in [3.05, 3.63) is 0 Å². The summed E-state index contributed by atoms with van der Waals surface area (Å²) in [6, 6.07) is 0.351. The molecule has 5 heteroatoms. The van der Waals surface area contributed by atoms with Crippen LogP contribution in [0.25, 0.3) is 0 Å². The third kappa shape index (κ3) is 6.57. The summed E-state index contributed by atoms with van der Waals surface area (Å²) in [5, 5.41) is 14.6. The lowest BCUT2D eigenvalue weighted by Gasteiger charge is -2.37. The molecule has 1 aliphatic heterocycles. The normalized spacial score (nSPS) is 21.8. The van der Waals surface area contributed by atoms with Crippen LogP contribution in [0.1, 0.15) is 46.5 Å². The second kappa shape index (κ2) is 9.19. The largest absolute Gasteiger partial charge is 0.396 e. The van der Waals surface area contributed by atoms with E-state index in [1.54, 1.807) is 0 Å². The minimum atomic E-state index is -0.124. The number of piperidine rings is 1. The van der Waals surface area contributed by atoms with Gasteiger partial charge in [-0.3, -0.25) is 4.90 Å². The number of likely N-dealkylation sites (tertiary alicyclic amines) is 1. The van der Waals surface area contributed by atoms with Crippen molar-refractivity contribution in [2.24, 2.45) is 5.92 Å². The molecule has 1 unspecified atom stereocenters. The van der Waals surface area contributed by atoms with E-state index in [0.29, 0.717) is 24.9 Å². The van der Waals surface area contributed by atoms with E-state index >= 15 is 0 Å². The lowest BCUT2D eigenvalue weighted by Crippen LogP contribution is -2.50. The minimum absolute atomic E-state index is 0.0122. The van der Waals surface area contributed by atoms with E-state index in [1.165, 1.54) is 19.3 Å². The molecule has 0 saturated carbocycles. The molecule has 0 aromatic rings. The number of hydrogen-bond donors (Lipinski definition) is 3. The molecular weight excluding hydrogens is 254 g/mol. The van der Waals surface area contributed by atoms with Crippen LogP contribution >= 0.6 is 0 Å². The molecule has 20 heavy (non-hydrogen) atoms. The first kappa shape index (κ1) is 17.2. The summed E-state index contributed by atoms with van der Waals surface area (Å²) in [5.41, 5.74) is 0. The molecule has 1 aliphatic rings. The summed E-state index contributed by atoms with van der Waals surface area (Å²) in [5.74, 6) is 0.661. The Morgan fingerprint density at radius 1 is 1.35 bits per heavy atom. The predicted octanol–water partition coefficient (Wildman–Crippen LogP) is 1.57. The Kier molecular flexibility index (Phi) is 7.92. The van der Waals surface area contributed by atoms with Gasteiger partial charge in [0.15, 0.2) is 0 Å². The molecule has 118 valence electrons. The van der Waals surface area contributed by atoms with Crippen molar-refractivity contribution in [2.45, 2.75) is 58.5 Å². The fraction of sp³-hybridized carbons (Fsp3) is 0.933. The summed E-state index contributed by atoms with van der Waals surface area (Å²) in [6.45, 7) is 9.45. The topological polar surface area (TPSA) is 64.6 Å². The van der Waals surface area contributed by atoms with Gasteiger partial charge in [-0.1, -0.05) is 20.3 Å². The van der Waals surface area contributed by atoms with Gasteiger partial charge in [-0.25, -0.2) is 4.79 Å². The standard InChI is InChI=1S/C15H31N3O2/c1-12(2)11-18-8-5-4-6-14(18)10-16-15(20)17-13(3)7-9-19/h12-14,19H,4-11H2,1-3H3,(H2,16,17,20)/t13-,14?/m1/s1. The van der Waals surface area contributed by atoms with Crippen molar-refractivity contribution in [1.82, 2.24) is 15.5 Å². The number of amides is 2. The number of carbonyl (C=O) groups excluding carboxylic acids is 1. The third-order valence-corrected chi connectivity index (χ3v) is 3.79. The van der Waals surface area contributed by atoms with Crippen molar-refractivity contribution in [3.63, 3.8) is 0 Å². The minimum Gasteiger partial charge on any atom is -0.396 e. The molecule has 0 bridgehead atoms. The Labute approximate surface area is 123 Å². The summed E-state index contributed by atoms with van der Waals surface area (Å²) in [4.78, 5) is 14.3. The molecule has 1 heterocycles. The number of carbonyl (C=O) groups is 1. The zero-order chi connectivity index (χ0) is 15.0. The fourth-order valence-corrected chi connectivity index (χ4v) is 2.75. The van der Waals surface area contributed by atoms with E-state index < -0.39 is 0 Å². The van der Waals surface area contributed by atoms with E-state index in [0.717, 1.165) is 13.1 Å². The number of nitrogens with one attached hydrogen (secondary N) is 2. The molecule has 0 aromatic heterocycles. The monoisotopic (exact) mass is 285 g/mol. The Morgan fingerprint density at radius 2 is 2.10 bits per heavy atom. The summed E-state index contributed by atoms with van der Waals surface area (Å²) < 4.78 is 0. The first-order valence-corrected chi connectivity index (χ1v) is 7.92. The molecule has 2 amide bonds. The van der Waals surface area contributed by atoms with Gasteiger partial charge in [-0.2, -0.15) is 0 Å². The smallest absolute Gasteiger partial charge is 0.315 e. The average molecular weight is 285 g/mol. The number of hydrogen-bond acceptors (Lipinski definition) is 3. The zero-order valence-corrected chi connectivity index (χ0v) is 13.2. The van der Waals surface area contributed by atoms with Gasteiger partial charge in [0.2, 0.25) is 0 Å². The van der Waals surface area contributed by atoms with Gasteiger partial charge < -0.3 is 15.7 Å². The lowest BCUT2D eigenvalue weighted by molar-refractivity contribution is 0.130. The predicted molar refractivity (Wildman–Crippen MR) is 81.7 cm³/mol. The van der Waals surface area contributed by atoms with E-state index in [2.05, 4.69) is 29.4 Å². The lowest BCUT2D eigenvalue weighted by atomic mass is 10.0. The SMILES string of the molecule is CC(C)CN1CCCCC1CNC(=O)N[C@H](C)CCO. The Hall–Kier alpha value is -0.810. The van der Waals surface area contributed by atoms with Gasteiger partial charge in [-0.15, -0.1) is 0 Å². The molecule has 1 saturated heterocycles. The molecular formula is C15H31N3O2. The number of aliphatic hydroxyl groups is 1. The van der Waals surface area contributed by atoms with Crippen molar-refractivity contribution in [1.29, 1.82) is 0 Å². The third-order valence-electron chi connectivity index (χ3n) is 3.79. The van der Waals surface area contributed by atoms with E-state index in [9.17, 15) is 4.79 Å². The maximum atomic E-state index is 11.8. The van der Waals surface area contributed by atoms with Crippen LogP contribution in [-0.2, 0) is 0 Å². The quantitative estimate of drug-likeness (QED) is 0.665. The summed E-state index contributed by atoms with van der Waals surface area (Å²) >= 11 is 0. The molecule has 3 N–H and O–H groups in total. The molecule has 0 aromatic carbocycles. The van der Waals surface area contributed by atoms with Crippen LogP contribution in [0.3, 0.4) is 0 Å². The Bertz CT molecular complexity index is 284. The number of nitrogens with zero attached hydrogens (tertiary/aromatic N) is 1. The maximum Gasteiger partial charge on any atom is 0.315 e. The van der Waals surface area contributed by atoms with Crippen molar-refractivity contribution < 1.29 is 9.90 Å².